The number of nitrogens with zero attached hydrogens (tertiary/aromatic N) is 1. The van der Waals surface area contributed by atoms with E-state index in [-0.39, 0.29) is 5.78 Å². The molecule has 5 aromatic rings. The number of rotatable bonds is 3. The van der Waals surface area contributed by atoms with Crippen molar-refractivity contribution in [1.82, 2.24) is 4.40 Å². The first-order valence-electron chi connectivity index (χ1n) is 9.43. The van der Waals surface area contributed by atoms with Gasteiger partial charge in [-0.25, -0.2) is 0 Å². The van der Waals surface area contributed by atoms with E-state index in [1.54, 1.807) is 0 Å². The highest BCUT2D eigenvalue weighted by molar-refractivity contribution is 6.19. The van der Waals surface area contributed by atoms with Gasteiger partial charge in [0.1, 0.15) is 0 Å². The van der Waals surface area contributed by atoms with Crippen LogP contribution in [0, 0.1) is 6.92 Å². The Balaban J connectivity index is 1.92. The van der Waals surface area contributed by atoms with Crippen molar-refractivity contribution in [3.05, 3.63) is 114 Å². The van der Waals surface area contributed by atoms with E-state index in [1.165, 1.54) is 5.56 Å². The van der Waals surface area contributed by atoms with Crippen molar-refractivity contribution in [2.24, 2.45) is 0 Å². The fourth-order valence-corrected chi connectivity index (χ4v) is 4.04. The molecule has 0 unspecified atom stereocenters. The summed E-state index contributed by atoms with van der Waals surface area (Å²) in [6.07, 6.45) is 2.04. The van der Waals surface area contributed by atoms with Gasteiger partial charge in [-0.15, -0.1) is 0 Å². The molecule has 2 heteroatoms. The van der Waals surface area contributed by atoms with Gasteiger partial charge in [0.2, 0.25) is 0 Å². The molecule has 0 saturated heterocycles. The highest BCUT2D eigenvalue weighted by Crippen LogP contribution is 2.38. The summed E-state index contributed by atoms with van der Waals surface area (Å²) < 4.78 is 2.15. The van der Waals surface area contributed by atoms with Crippen molar-refractivity contribution in [1.29, 1.82) is 0 Å². The van der Waals surface area contributed by atoms with E-state index in [1.807, 2.05) is 54.7 Å². The minimum atomic E-state index is 0.0452. The highest BCUT2D eigenvalue weighted by Gasteiger charge is 2.21. The van der Waals surface area contributed by atoms with Gasteiger partial charge in [-0.1, -0.05) is 72.8 Å². The Labute approximate surface area is 163 Å². The van der Waals surface area contributed by atoms with Crippen LogP contribution in [0.1, 0.15) is 21.5 Å². The van der Waals surface area contributed by atoms with E-state index in [0.29, 0.717) is 5.56 Å². The molecule has 0 fully saturated rings. The molecule has 0 bridgehead atoms. The summed E-state index contributed by atoms with van der Waals surface area (Å²) in [5.74, 6) is 0.0452. The number of fused-ring (bicyclic) bond motifs is 3. The second-order valence-corrected chi connectivity index (χ2v) is 7.04. The van der Waals surface area contributed by atoms with Crippen LogP contribution in [0.5, 0.6) is 0 Å². The lowest BCUT2D eigenvalue weighted by Gasteiger charge is -2.10. The van der Waals surface area contributed by atoms with Crippen molar-refractivity contribution in [2.45, 2.75) is 6.92 Å². The van der Waals surface area contributed by atoms with Crippen LogP contribution in [0.3, 0.4) is 0 Å². The van der Waals surface area contributed by atoms with Gasteiger partial charge in [0, 0.05) is 28.3 Å². The summed E-state index contributed by atoms with van der Waals surface area (Å²) in [5, 5.41) is 1.16. The molecule has 0 aliphatic rings. The Kier molecular flexibility index (Phi) is 3.84. The molecule has 3 aromatic carbocycles. The highest BCUT2D eigenvalue weighted by atomic mass is 16.1. The van der Waals surface area contributed by atoms with Crippen molar-refractivity contribution in [3.63, 3.8) is 0 Å². The molecule has 0 amide bonds. The minimum Gasteiger partial charge on any atom is -0.315 e. The van der Waals surface area contributed by atoms with Crippen LogP contribution < -0.4 is 0 Å². The number of hydrogen-bond donors (Lipinski definition) is 0. The Bertz CT molecular complexity index is 1330. The average Bonchev–Trinajstić information content (AvgIpc) is 3.09. The molecular formula is C26H19NO. The molecule has 28 heavy (non-hydrogen) atoms. The standard InChI is InChI=1S/C26H19NO/c1-18-10-5-6-13-20(18)24-21-14-7-8-16-23(21)27-17-9-15-22(25(24)27)26(28)19-11-3-2-4-12-19/h2-17H,1H3. The third-order valence-corrected chi connectivity index (χ3v) is 5.36. The van der Waals surface area contributed by atoms with Gasteiger partial charge in [0.15, 0.2) is 5.78 Å². The molecule has 0 atom stereocenters. The Morgan fingerprint density at radius 3 is 2.29 bits per heavy atom. The largest absolute Gasteiger partial charge is 0.315 e. The maximum Gasteiger partial charge on any atom is 0.195 e. The van der Waals surface area contributed by atoms with Crippen molar-refractivity contribution < 1.29 is 4.79 Å². The lowest BCUT2D eigenvalue weighted by atomic mass is 9.95. The molecular weight excluding hydrogens is 342 g/mol. The molecule has 0 aliphatic heterocycles. The Hall–Kier alpha value is -3.65. The van der Waals surface area contributed by atoms with Crippen molar-refractivity contribution >= 4 is 22.2 Å². The second-order valence-electron chi connectivity index (χ2n) is 7.04. The summed E-state index contributed by atoms with van der Waals surface area (Å²) in [5.41, 5.74) is 6.98. The number of carbonyl (C=O) groups is 1. The van der Waals surface area contributed by atoms with Crippen LogP contribution in [0.15, 0.2) is 97.2 Å². The monoisotopic (exact) mass is 361 g/mol. The lowest BCUT2D eigenvalue weighted by molar-refractivity contribution is 0.104. The summed E-state index contributed by atoms with van der Waals surface area (Å²) in [6.45, 7) is 2.12. The van der Waals surface area contributed by atoms with E-state index in [2.05, 4.69) is 53.8 Å². The van der Waals surface area contributed by atoms with E-state index in [0.717, 1.165) is 33.1 Å². The van der Waals surface area contributed by atoms with Crippen molar-refractivity contribution in [3.8, 4) is 11.1 Å². The normalized spacial score (nSPS) is 11.2. The smallest absolute Gasteiger partial charge is 0.195 e. The third-order valence-electron chi connectivity index (χ3n) is 5.36. The van der Waals surface area contributed by atoms with Gasteiger partial charge < -0.3 is 4.40 Å². The van der Waals surface area contributed by atoms with Crippen LogP contribution >= 0.6 is 0 Å². The molecule has 134 valence electrons. The van der Waals surface area contributed by atoms with Gasteiger partial charge >= 0.3 is 0 Å². The van der Waals surface area contributed by atoms with E-state index in [4.69, 9.17) is 0 Å². The number of ketones is 1. The zero-order valence-electron chi connectivity index (χ0n) is 15.6. The number of benzene rings is 3. The minimum absolute atomic E-state index is 0.0452. The zero-order chi connectivity index (χ0) is 19.1. The molecule has 2 heterocycles. The number of pyridine rings is 1. The molecule has 0 aliphatic carbocycles. The first-order chi connectivity index (χ1) is 13.8. The van der Waals surface area contributed by atoms with Gasteiger partial charge in [-0.2, -0.15) is 0 Å². The predicted molar refractivity (Wildman–Crippen MR) is 115 cm³/mol. The van der Waals surface area contributed by atoms with Gasteiger partial charge in [0.25, 0.3) is 0 Å². The average molecular weight is 361 g/mol. The van der Waals surface area contributed by atoms with Crippen LogP contribution in [0.4, 0.5) is 0 Å². The molecule has 2 aromatic heterocycles. The van der Waals surface area contributed by atoms with Gasteiger partial charge in [-0.3, -0.25) is 4.79 Å². The maximum absolute atomic E-state index is 13.4. The number of para-hydroxylation sites is 1. The number of aryl methyl sites for hydroxylation is 1. The number of aromatic nitrogens is 1. The fourth-order valence-electron chi connectivity index (χ4n) is 4.04. The summed E-state index contributed by atoms with van der Waals surface area (Å²) in [6, 6.07) is 30.1. The first kappa shape index (κ1) is 16.5. The number of hydrogen-bond acceptors (Lipinski definition) is 1. The molecule has 2 nitrogen and oxygen atoms in total. The topological polar surface area (TPSA) is 21.5 Å². The molecule has 5 rings (SSSR count). The van der Waals surface area contributed by atoms with E-state index in [9.17, 15) is 4.79 Å². The van der Waals surface area contributed by atoms with Crippen molar-refractivity contribution in [2.75, 3.05) is 0 Å². The van der Waals surface area contributed by atoms with E-state index < -0.39 is 0 Å². The fraction of sp³-hybridized carbons (Fsp3) is 0.0385. The van der Waals surface area contributed by atoms with Gasteiger partial charge in [0.05, 0.1) is 11.0 Å². The van der Waals surface area contributed by atoms with Crippen LogP contribution in [0.25, 0.3) is 27.5 Å². The van der Waals surface area contributed by atoms with E-state index >= 15 is 0 Å². The first-order valence-corrected chi connectivity index (χ1v) is 9.43. The predicted octanol–water partition coefficient (Wildman–Crippen LogP) is 6.30. The van der Waals surface area contributed by atoms with Crippen LogP contribution in [-0.4, -0.2) is 10.2 Å². The summed E-state index contributed by atoms with van der Waals surface area (Å²) >= 11 is 0. The van der Waals surface area contributed by atoms with Crippen LogP contribution in [-0.2, 0) is 0 Å². The SMILES string of the molecule is Cc1ccccc1-c1c2ccccc2n2cccc(C(=O)c3ccccc3)c12. The zero-order valence-corrected chi connectivity index (χ0v) is 15.6. The quantitative estimate of drug-likeness (QED) is 0.346. The molecule has 0 saturated carbocycles. The third kappa shape index (κ3) is 2.46. The maximum atomic E-state index is 13.4. The summed E-state index contributed by atoms with van der Waals surface area (Å²) in [4.78, 5) is 13.4. The Morgan fingerprint density at radius 2 is 1.46 bits per heavy atom. The Morgan fingerprint density at radius 1 is 0.750 bits per heavy atom. The van der Waals surface area contributed by atoms with Crippen LogP contribution in [0.2, 0.25) is 0 Å². The van der Waals surface area contributed by atoms with Gasteiger partial charge in [-0.05, 0) is 36.2 Å². The molecule has 0 radical (unpaired) electrons. The second kappa shape index (κ2) is 6.50. The summed E-state index contributed by atoms with van der Waals surface area (Å²) in [7, 11) is 0. The lowest BCUT2D eigenvalue weighted by Crippen LogP contribution is -2.04. The molecule has 0 N–H and O–H groups in total. The number of carbonyl (C=O) groups excluding carboxylic acids is 1. The molecule has 0 spiro atoms.